The standard InChI is InChI=1S/C14H18N2O/c1-3-11-13(17)8-12(16-14(11)15)10-6-4-5-9(2)7-10/h4-7,11-12H,3,8H2,1-2H3,(H2,15,16)/t11?,12-/m1/s1. The molecule has 3 heteroatoms. The predicted molar refractivity (Wildman–Crippen MR) is 68.9 cm³/mol. The summed E-state index contributed by atoms with van der Waals surface area (Å²) in [7, 11) is 0. The van der Waals surface area contributed by atoms with Crippen LogP contribution in [0.15, 0.2) is 29.3 Å². The van der Waals surface area contributed by atoms with Crippen LogP contribution in [0.25, 0.3) is 0 Å². The lowest BCUT2D eigenvalue weighted by atomic mass is 9.88. The molecule has 2 atom stereocenters. The first-order valence-electron chi connectivity index (χ1n) is 6.04. The number of carbonyl (C=O) groups excluding carboxylic acids is 1. The molecule has 0 amide bonds. The summed E-state index contributed by atoms with van der Waals surface area (Å²) in [5.41, 5.74) is 8.14. The Kier molecular flexibility index (Phi) is 3.27. The van der Waals surface area contributed by atoms with Crippen LogP contribution in [-0.2, 0) is 4.79 Å². The van der Waals surface area contributed by atoms with Gasteiger partial charge in [0.05, 0.1) is 12.0 Å². The highest BCUT2D eigenvalue weighted by molar-refractivity contribution is 6.05. The summed E-state index contributed by atoms with van der Waals surface area (Å²) in [5.74, 6) is 0.540. The van der Waals surface area contributed by atoms with Crippen LogP contribution in [0.5, 0.6) is 0 Å². The second-order valence-electron chi connectivity index (χ2n) is 4.62. The molecule has 0 aliphatic carbocycles. The number of carbonyl (C=O) groups is 1. The Morgan fingerprint density at radius 1 is 1.47 bits per heavy atom. The largest absolute Gasteiger partial charge is 0.387 e. The second kappa shape index (κ2) is 4.70. The zero-order chi connectivity index (χ0) is 12.4. The number of rotatable bonds is 2. The van der Waals surface area contributed by atoms with Crippen LogP contribution in [0.3, 0.4) is 0 Å². The van der Waals surface area contributed by atoms with Gasteiger partial charge in [0, 0.05) is 6.42 Å². The normalized spacial score (nSPS) is 24.6. The van der Waals surface area contributed by atoms with Gasteiger partial charge in [-0.3, -0.25) is 9.79 Å². The summed E-state index contributed by atoms with van der Waals surface area (Å²) >= 11 is 0. The minimum absolute atomic E-state index is 0.0924. The molecule has 1 unspecified atom stereocenters. The number of benzene rings is 1. The highest BCUT2D eigenvalue weighted by atomic mass is 16.1. The number of hydrogen-bond donors (Lipinski definition) is 1. The molecular formula is C14H18N2O. The number of nitrogens with zero attached hydrogens (tertiary/aromatic N) is 1. The third-order valence-corrected chi connectivity index (χ3v) is 3.28. The van der Waals surface area contributed by atoms with E-state index in [9.17, 15) is 4.79 Å². The van der Waals surface area contributed by atoms with Gasteiger partial charge >= 0.3 is 0 Å². The fraction of sp³-hybridized carbons (Fsp3) is 0.429. The van der Waals surface area contributed by atoms with E-state index in [0.717, 1.165) is 12.0 Å². The zero-order valence-corrected chi connectivity index (χ0v) is 10.3. The number of nitrogens with two attached hydrogens (primary N) is 1. The summed E-state index contributed by atoms with van der Waals surface area (Å²) in [5, 5.41) is 0. The van der Waals surface area contributed by atoms with Crippen molar-refractivity contribution < 1.29 is 4.79 Å². The van der Waals surface area contributed by atoms with Gasteiger partial charge in [0.15, 0.2) is 0 Å². The molecule has 0 saturated carbocycles. The number of amidine groups is 1. The van der Waals surface area contributed by atoms with Crippen molar-refractivity contribution in [3.8, 4) is 0 Å². The minimum Gasteiger partial charge on any atom is -0.387 e. The van der Waals surface area contributed by atoms with Crippen molar-refractivity contribution in [2.45, 2.75) is 32.7 Å². The molecule has 90 valence electrons. The maximum atomic E-state index is 11.9. The molecule has 0 radical (unpaired) electrons. The minimum atomic E-state index is -0.170. The molecule has 0 fully saturated rings. The van der Waals surface area contributed by atoms with Crippen LogP contribution in [0, 0.1) is 12.8 Å². The van der Waals surface area contributed by atoms with Crippen LogP contribution in [0.2, 0.25) is 0 Å². The summed E-state index contributed by atoms with van der Waals surface area (Å²) in [6, 6.07) is 8.02. The van der Waals surface area contributed by atoms with Gasteiger partial charge in [0.2, 0.25) is 0 Å². The fourth-order valence-corrected chi connectivity index (χ4v) is 2.32. The predicted octanol–water partition coefficient (Wildman–Crippen LogP) is 2.39. The number of Topliss-reactive ketones (excluding diaryl/α,β-unsaturated/α-hetero) is 1. The number of ketones is 1. The summed E-state index contributed by atoms with van der Waals surface area (Å²) in [6.45, 7) is 4.01. The Balaban J connectivity index is 2.30. The van der Waals surface area contributed by atoms with Gasteiger partial charge in [-0.2, -0.15) is 0 Å². The van der Waals surface area contributed by atoms with Crippen molar-refractivity contribution in [1.29, 1.82) is 0 Å². The lowest BCUT2D eigenvalue weighted by molar-refractivity contribution is -0.121. The molecule has 1 aliphatic rings. The Morgan fingerprint density at radius 3 is 2.82 bits per heavy atom. The molecule has 0 spiro atoms. The van der Waals surface area contributed by atoms with E-state index in [1.807, 2.05) is 32.0 Å². The second-order valence-corrected chi connectivity index (χ2v) is 4.62. The van der Waals surface area contributed by atoms with E-state index < -0.39 is 0 Å². The van der Waals surface area contributed by atoms with Gasteiger partial charge in [-0.15, -0.1) is 0 Å². The Bertz CT molecular complexity index is 465. The molecule has 2 rings (SSSR count). The number of hydrogen-bond acceptors (Lipinski definition) is 3. The maximum absolute atomic E-state index is 11.9. The quantitative estimate of drug-likeness (QED) is 0.848. The van der Waals surface area contributed by atoms with Crippen molar-refractivity contribution in [2.24, 2.45) is 16.6 Å². The van der Waals surface area contributed by atoms with Crippen LogP contribution in [-0.4, -0.2) is 11.6 Å². The summed E-state index contributed by atoms with van der Waals surface area (Å²) in [4.78, 5) is 16.4. The zero-order valence-electron chi connectivity index (χ0n) is 10.3. The highest BCUT2D eigenvalue weighted by Gasteiger charge is 2.29. The fourth-order valence-electron chi connectivity index (χ4n) is 2.32. The van der Waals surface area contributed by atoms with Crippen molar-refractivity contribution in [2.75, 3.05) is 0 Å². The molecule has 1 aromatic rings. The monoisotopic (exact) mass is 230 g/mol. The molecule has 1 heterocycles. The molecule has 3 nitrogen and oxygen atoms in total. The summed E-state index contributed by atoms with van der Waals surface area (Å²) in [6.07, 6.45) is 1.22. The van der Waals surface area contributed by atoms with Crippen molar-refractivity contribution in [1.82, 2.24) is 0 Å². The van der Waals surface area contributed by atoms with Crippen molar-refractivity contribution in [3.63, 3.8) is 0 Å². The molecule has 1 aromatic carbocycles. The molecule has 2 N–H and O–H groups in total. The smallest absolute Gasteiger partial charge is 0.145 e. The van der Waals surface area contributed by atoms with Crippen LogP contribution < -0.4 is 5.73 Å². The van der Waals surface area contributed by atoms with Gasteiger partial charge < -0.3 is 5.73 Å². The Labute approximate surface area is 102 Å². The molecular weight excluding hydrogens is 212 g/mol. The highest BCUT2D eigenvalue weighted by Crippen LogP contribution is 2.29. The number of aliphatic imine (C=N–C) groups is 1. The molecule has 17 heavy (non-hydrogen) atoms. The maximum Gasteiger partial charge on any atom is 0.145 e. The van der Waals surface area contributed by atoms with Gasteiger partial charge in [-0.25, -0.2) is 0 Å². The van der Waals surface area contributed by atoms with E-state index in [4.69, 9.17) is 5.73 Å². The van der Waals surface area contributed by atoms with Gasteiger partial charge in [-0.1, -0.05) is 36.8 Å². The Hall–Kier alpha value is -1.64. The van der Waals surface area contributed by atoms with E-state index in [0.29, 0.717) is 12.3 Å². The average molecular weight is 230 g/mol. The SMILES string of the molecule is CCC1C(=O)C[C@H](c2cccc(C)c2)N=C1N. The van der Waals surface area contributed by atoms with Crippen LogP contribution in [0.4, 0.5) is 0 Å². The molecule has 0 bridgehead atoms. The van der Waals surface area contributed by atoms with Gasteiger partial charge in [-0.05, 0) is 18.9 Å². The van der Waals surface area contributed by atoms with Crippen LogP contribution >= 0.6 is 0 Å². The van der Waals surface area contributed by atoms with E-state index in [2.05, 4.69) is 11.1 Å². The van der Waals surface area contributed by atoms with E-state index in [-0.39, 0.29) is 17.7 Å². The van der Waals surface area contributed by atoms with E-state index >= 15 is 0 Å². The molecule has 1 aliphatic heterocycles. The average Bonchev–Trinajstić information content (AvgIpc) is 2.28. The Morgan fingerprint density at radius 2 is 2.24 bits per heavy atom. The van der Waals surface area contributed by atoms with E-state index in [1.165, 1.54) is 5.56 Å². The first-order chi connectivity index (χ1) is 8.11. The van der Waals surface area contributed by atoms with Gasteiger partial charge in [0.1, 0.15) is 11.6 Å². The van der Waals surface area contributed by atoms with Crippen LogP contribution in [0.1, 0.15) is 36.9 Å². The number of aryl methyl sites for hydroxylation is 1. The van der Waals surface area contributed by atoms with E-state index in [1.54, 1.807) is 0 Å². The van der Waals surface area contributed by atoms with Crippen molar-refractivity contribution >= 4 is 11.6 Å². The first kappa shape index (κ1) is 11.8. The lowest BCUT2D eigenvalue weighted by Crippen LogP contribution is -2.35. The first-order valence-corrected chi connectivity index (χ1v) is 6.04. The lowest BCUT2D eigenvalue weighted by Gasteiger charge is -2.24. The summed E-state index contributed by atoms with van der Waals surface area (Å²) < 4.78 is 0. The molecule has 0 saturated heterocycles. The third kappa shape index (κ3) is 2.38. The third-order valence-electron chi connectivity index (χ3n) is 3.28. The van der Waals surface area contributed by atoms with Gasteiger partial charge in [0.25, 0.3) is 0 Å². The van der Waals surface area contributed by atoms with Crippen molar-refractivity contribution in [3.05, 3.63) is 35.4 Å². The topological polar surface area (TPSA) is 55.5 Å². The molecule has 0 aromatic heterocycles.